The lowest BCUT2D eigenvalue weighted by atomic mass is 10.2. The predicted octanol–water partition coefficient (Wildman–Crippen LogP) is 4.23. The summed E-state index contributed by atoms with van der Waals surface area (Å²) < 4.78 is 27.6. The van der Waals surface area contributed by atoms with E-state index in [0.29, 0.717) is 11.4 Å². The highest BCUT2D eigenvalue weighted by Gasteiger charge is 2.15. The molecule has 0 saturated heterocycles. The number of hydrogen-bond donors (Lipinski definition) is 2. The molecule has 0 fully saturated rings. The van der Waals surface area contributed by atoms with E-state index in [2.05, 4.69) is 10.0 Å². The first-order valence-electron chi connectivity index (χ1n) is 7.14. The molecule has 0 bridgehead atoms. The van der Waals surface area contributed by atoms with Crippen molar-refractivity contribution in [2.24, 2.45) is 0 Å². The average molecular weight is 324 g/mol. The van der Waals surface area contributed by atoms with Crippen molar-refractivity contribution >= 4 is 27.1 Å². The highest BCUT2D eigenvalue weighted by atomic mass is 32.2. The molecule has 0 heterocycles. The molecule has 3 aromatic carbocycles. The van der Waals surface area contributed by atoms with Crippen LogP contribution in [0.1, 0.15) is 0 Å². The van der Waals surface area contributed by atoms with Crippen LogP contribution in [-0.2, 0) is 10.0 Å². The van der Waals surface area contributed by atoms with Crippen LogP contribution in [0, 0.1) is 0 Å². The summed E-state index contributed by atoms with van der Waals surface area (Å²) in [7, 11) is -3.62. The van der Waals surface area contributed by atoms with Crippen molar-refractivity contribution in [3.05, 3.63) is 84.9 Å². The minimum absolute atomic E-state index is 0.231. The van der Waals surface area contributed by atoms with Crippen molar-refractivity contribution in [3.8, 4) is 0 Å². The van der Waals surface area contributed by atoms with Crippen LogP contribution in [0.25, 0.3) is 0 Å². The van der Waals surface area contributed by atoms with Crippen molar-refractivity contribution in [2.75, 3.05) is 10.0 Å². The molecule has 0 atom stereocenters. The molecule has 5 heteroatoms. The van der Waals surface area contributed by atoms with Gasteiger partial charge in [0.2, 0.25) is 0 Å². The SMILES string of the molecule is O=S(=O)(Nc1ccccc1Nc1ccccc1)c1ccccc1. The number of sulfonamides is 1. The van der Waals surface area contributed by atoms with Gasteiger partial charge in [-0.15, -0.1) is 0 Å². The Labute approximate surface area is 135 Å². The van der Waals surface area contributed by atoms with E-state index >= 15 is 0 Å². The Kier molecular flexibility index (Phi) is 4.30. The molecule has 3 aromatic rings. The van der Waals surface area contributed by atoms with Gasteiger partial charge >= 0.3 is 0 Å². The fraction of sp³-hybridized carbons (Fsp3) is 0. The van der Waals surface area contributed by atoms with Gasteiger partial charge < -0.3 is 5.32 Å². The normalized spacial score (nSPS) is 11.0. The van der Waals surface area contributed by atoms with Crippen molar-refractivity contribution < 1.29 is 8.42 Å². The van der Waals surface area contributed by atoms with Crippen LogP contribution in [0.15, 0.2) is 89.8 Å². The second kappa shape index (κ2) is 6.54. The fourth-order valence-corrected chi connectivity index (χ4v) is 3.26. The third-order valence-corrected chi connectivity index (χ3v) is 4.66. The average Bonchev–Trinajstić information content (AvgIpc) is 2.58. The standard InChI is InChI=1S/C18H16N2O2S/c21-23(22,16-11-5-2-6-12-16)20-18-14-8-7-13-17(18)19-15-9-3-1-4-10-15/h1-14,19-20H. The number of benzene rings is 3. The lowest BCUT2D eigenvalue weighted by Crippen LogP contribution is -2.13. The summed E-state index contributed by atoms with van der Waals surface area (Å²) in [6, 6.07) is 25.1. The van der Waals surface area contributed by atoms with Gasteiger partial charge in [0.15, 0.2) is 0 Å². The molecule has 0 spiro atoms. The van der Waals surface area contributed by atoms with Gasteiger partial charge in [0.25, 0.3) is 10.0 Å². The first kappa shape index (κ1) is 15.1. The second-order valence-corrected chi connectivity index (χ2v) is 6.64. The van der Waals surface area contributed by atoms with Gasteiger partial charge in [0.1, 0.15) is 0 Å². The summed E-state index contributed by atoms with van der Waals surface area (Å²) >= 11 is 0. The van der Waals surface area contributed by atoms with Crippen LogP contribution >= 0.6 is 0 Å². The minimum atomic E-state index is -3.62. The molecule has 116 valence electrons. The van der Waals surface area contributed by atoms with E-state index in [1.54, 1.807) is 42.5 Å². The van der Waals surface area contributed by atoms with Gasteiger partial charge in [-0.25, -0.2) is 8.42 Å². The molecule has 0 radical (unpaired) electrons. The molecule has 2 N–H and O–H groups in total. The third-order valence-electron chi connectivity index (χ3n) is 3.28. The zero-order valence-electron chi connectivity index (χ0n) is 12.3. The molecule has 0 aromatic heterocycles. The van der Waals surface area contributed by atoms with E-state index in [9.17, 15) is 8.42 Å². The van der Waals surface area contributed by atoms with Crippen LogP contribution < -0.4 is 10.0 Å². The van der Waals surface area contributed by atoms with E-state index in [-0.39, 0.29) is 4.90 Å². The second-order valence-electron chi connectivity index (χ2n) is 4.96. The van der Waals surface area contributed by atoms with E-state index in [1.807, 2.05) is 42.5 Å². The number of nitrogens with one attached hydrogen (secondary N) is 2. The Morgan fingerprint density at radius 1 is 0.609 bits per heavy atom. The van der Waals surface area contributed by atoms with Gasteiger partial charge in [0, 0.05) is 5.69 Å². The molecular formula is C18H16N2O2S. The van der Waals surface area contributed by atoms with Crippen molar-refractivity contribution in [1.82, 2.24) is 0 Å². The zero-order valence-corrected chi connectivity index (χ0v) is 13.1. The maximum Gasteiger partial charge on any atom is 0.261 e. The maximum absolute atomic E-state index is 12.5. The van der Waals surface area contributed by atoms with Gasteiger partial charge in [-0.3, -0.25) is 4.72 Å². The Balaban J connectivity index is 1.89. The van der Waals surface area contributed by atoms with Gasteiger partial charge in [0.05, 0.1) is 16.3 Å². The van der Waals surface area contributed by atoms with Crippen LogP contribution in [-0.4, -0.2) is 8.42 Å². The van der Waals surface area contributed by atoms with Gasteiger partial charge in [-0.05, 0) is 36.4 Å². The van der Waals surface area contributed by atoms with E-state index in [1.165, 1.54) is 0 Å². The molecule has 23 heavy (non-hydrogen) atoms. The fourth-order valence-electron chi connectivity index (χ4n) is 2.16. The van der Waals surface area contributed by atoms with Crippen LogP contribution in [0.2, 0.25) is 0 Å². The molecule has 4 nitrogen and oxygen atoms in total. The number of rotatable bonds is 5. The molecule has 0 aliphatic carbocycles. The third kappa shape index (κ3) is 3.70. The van der Waals surface area contributed by atoms with E-state index in [0.717, 1.165) is 5.69 Å². The van der Waals surface area contributed by atoms with Gasteiger partial charge in [-0.1, -0.05) is 48.5 Å². The number of para-hydroxylation sites is 3. The molecule has 0 aliphatic heterocycles. The van der Waals surface area contributed by atoms with Crippen LogP contribution in [0.5, 0.6) is 0 Å². The molecule has 0 unspecified atom stereocenters. The predicted molar refractivity (Wildman–Crippen MR) is 93.4 cm³/mol. The molecule has 0 aliphatic rings. The summed E-state index contributed by atoms with van der Waals surface area (Å²) in [5, 5.41) is 3.22. The number of hydrogen-bond acceptors (Lipinski definition) is 3. The topological polar surface area (TPSA) is 58.2 Å². The van der Waals surface area contributed by atoms with Crippen LogP contribution in [0.4, 0.5) is 17.1 Å². The highest BCUT2D eigenvalue weighted by Crippen LogP contribution is 2.27. The monoisotopic (exact) mass is 324 g/mol. The smallest absolute Gasteiger partial charge is 0.261 e. The Bertz CT molecular complexity index is 879. The van der Waals surface area contributed by atoms with Crippen molar-refractivity contribution in [2.45, 2.75) is 4.90 Å². The maximum atomic E-state index is 12.5. The zero-order chi connectivity index (χ0) is 16.1. The Morgan fingerprint density at radius 3 is 1.78 bits per heavy atom. The summed E-state index contributed by atoms with van der Waals surface area (Å²) in [6.07, 6.45) is 0. The molecule has 3 rings (SSSR count). The lowest BCUT2D eigenvalue weighted by molar-refractivity contribution is 0.601. The molecule has 0 saturated carbocycles. The quantitative estimate of drug-likeness (QED) is 0.738. The number of anilines is 3. The first-order chi connectivity index (χ1) is 11.1. The Hall–Kier alpha value is -2.79. The summed E-state index contributed by atoms with van der Waals surface area (Å²) in [4.78, 5) is 0.231. The summed E-state index contributed by atoms with van der Waals surface area (Å²) in [5.74, 6) is 0. The summed E-state index contributed by atoms with van der Waals surface area (Å²) in [5.41, 5.74) is 2.08. The first-order valence-corrected chi connectivity index (χ1v) is 8.62. The molecular weight excluding hydrogens is 308 g/mol. The molecule has 0 amide bonds. The van der Waals surface area contributed by atoms with Crippen LogP contribution in [0.3, 0.4) is 0 Å². The van der Waals surface area contributed by atoms with Gasteiger partial charge in [-0.2, -0.15) is 0 Å². The van der Waals surface area contributed by atoms with Crippen molar-refractivity contribution in [3.63, 3.8) is 0 Å². The van der Waals surface area contributed by atoms with Crippen molar-refractivity contribution in [1.29, 1.82) is 0 Å². The van der Waals surface area contributed by atoms with E-state index in [4.69, 9.17) is 0 Å². The summed E-state index contributed by atoms with van der Waals surface area (Å²) in [6.45, 7) is 0. The highest BCUT2D eigenvalue weighted by molar-refractivity contribution is 7.92. The lowest BCUT2D eigenvalue weighted by Gasteiger charge is -2.14. The van der Waals surface area contributed by atoms with E-state index < -0.39 is 10.0 Å². The largest absolute Gasteiger partial charge is 0.354 e. The minimum Gasteiger partial charge on any atom is -0.354 e. The Morgan fingerprint density at radius 2 is 1.13 bits per heavy atom.